The minimum atomic E-state index is -4.69. The first-order valence-electron chi connectivity index (χ1n) is 9.07. The smallest absolute Gasteiger partial charge is 0.406 e. The Morgan fingerprint density at radius 2 is 1.79 bits per heavy atom. The highest BCUT2D eigenvalue weighted by Gasteiger charge is 2.31. The van der Waals surface area contributed by atoms with Crippen molar-refractivity contribution >= 4 is 27.5 Å². The molecule has 2 heterocycles. The lowest BCUT2D eigenvalue weighted by molar-refractivity contribution is -0.274. The molecule has 3 aromatic rings. The Labute approximate surface area is 169 Å². The first kappa shape index (κ1) is 19.7. The van der Waals surface area contributed by atoms with Crippen LogP contribution in [0.5, 0.6) is 5.75 Å². The maximum Gasteiger partial charge on any atom is 0.573 e. The Hall–Kier alpha value is -2.65. The molecule has 0 bridgehead atoms. The van der Waals surface area contributed by atoms with Crippen LogP contribution in [0.15, 0.2) is 48.0 Å². The van der Waals surface area contributed by atoms with E-state index in [1.807, 2.05) is 17.0 Å². The highest BCUT2D eigenvalue weighted by molar-refractivity contribution is 7.16. The molecule has 1 saturated heterocycles. The molecule has 4 rings (SSSR count). The van der Waals surface area contributed by atoms with Gasteiger partial charge >= 0.3 is 6.36 Å². The van der Waals surface area contributed by atoms with Crippen LogP contribution in [-0.2, 0) is 6.54 Å². The molecule has 0 aliphatic carbocycles. The van der Waals surface area contributed by atoms with Crippen LogP contribution < -0.4 is 4.74 Å². The normalized spacial score (nSPS) is 15.6. The van der Waals surface area contributed by atoms with E-state index in [0.29, 0.717) is 38.3 Å². The first-order valence-corrected chi connectivity index (χ1v) is 9.95. The van der Waals surface area contributed by atoms with Crippen molar-refractivity contribution in [2.75, 3.05) is 26.2 Å². The van der Waals surface area contributed by atoms with Crippen molar-refractivity contribution in [1.29, 1.82) is 0 Å². The number of piperazine rings is 1. The lowest BCUT2D eigenvalue weighted by Gasteiger charge is -2.34. The molecular weight excluding hydrogens is 403 g/mol. The van der Waals surface area contributed by atoms with Crippen LogP contribution in [0, 0.1) is 0 Å². The van der Waals surface area contributed by atoms with Gasteiger partial charge in [-0.1, -0.05) is 12.1 Å². The summed E-state index contributed by atoms with van der Waals surface area (Å²) in [6, 6.07) is 11.4. The second-order valence-electron chi connectivity index (χ2n) is 6.79. The van der Waals surface area contributed by atoms with Crippen molar-refractivity contribution in [3.05, 3.63) is 59.1 Å². The monoisotopic (exact) mass is 421 g/mol. The van der Waals surface area contributed by atoms with Crippen molar-refractivity contribution in [2.24, 2.45) is 0 Å². The fourth-order valence-electron chi connectivity index (χ4n) is 3.33. The number of ether oxygens (including phenoxy) is 1. The minimum absolute atomic E-state index is 0.00797. The summed E-state index contributed by atoms with van der Waals surface area (Å²) in [5, 5.41) is 0. The van der Waals surface area contributed by atoms with Crippen LogP contribution in [0.1, 0.15) is 15.9 Å². The average molecular weight is 421 g/mol. The van der Waals surface area contributed by atoms with Gasteiger partial charge in [-0.25, -0.2) is 4.98 Å². The number of hydrogen-bond acceptors (Lipinski definition) is 5. The maximum absolute atomic E-state index is 12.8. The number of benzene rings is 2. The molecular formula is C20H18F3N3O2S. The van der Waals surface area contributed by atoms with Crippen molar-refractivity contribution < 1.29 is 22.7 Å². The summed E-state index contributed by atoms with van der Waals surface area (Å²) in [6.45, 7) is 3.23. The topological polar surface area (TPSA) is 45.7 Å². The number of halogens is 3. The number of alkyl halides is 3. The summed E-state index contributed by atoms with van der Waals surface area (Å²) in [4.78, 5) is 21.0. The van der Waals surface area contributed by atoms with E-state index in [1.165, 1.54) is 23.5 Å². The molecule has 1 aliphatic heterocycles. The van der Waals surface area contributed by atoms with Gasteiger partial charge in [-0.05, 0) is 35.9 Å². The fourth-order valence-corrected chi connectivity index (χ4v) is 4.05. The van der Waals surface area contributed by atoms with Crippen LogP contribution in [0.2, 0.25) is 0 Å². The zero-order valence-electron chi connectivity index (χ0n) is 15.4. The molecule has 29 heavy (non-hydrogen) atoms. The third kappa shape index (κ3) is 4.86. The molecule has 1 aliphatic rings. The average Bonchev–Trinajstić information content (AvgIpc) is 3.16. The van der Waals surface area contributed by atoms with Gasteiger partial charge < -0.3 is 9.64 Å². The zero-order valence-corrected chi connectivity index (χ0v) is 16.2. The summed E-state index contributed by atoms with van der Waals surface area (Å²) >= 11 is 1.51. The number of fused-ring (bicyclic) bond motifs is 1. The van der Waals surface area contributed by atoms with E-state index in [0.717, 1.165) is 15.8 Å². The third-order valence-electron chi connectivity index (χ3n) is 4.80. The largest absolute Gasteiger partial charge is 0.573 e. The molecule has 9 heteroatoms. The van der Waals surface area contributed by atoms with Crippen LogP contribution in [0.3, 0.4) is 0 Å². The van der Waals surface area contributed by atoms with E-state index in [-0.39, 0.29) is 11.7 Å². The molecule has 5 nitrogen and oxygen atoms in total. The first-order chi connectivity index (χ1) is 13.9. The Kier molecular flexibility index (Phi) is 5.42. The predicted octanol–water partition coefficient (Wildman–Crippen LogP) is 4.15. The zero-order chi connectivity index (χ0) is 20.4. The number of hydrogen-bond donors (Lipinski definition) is 0. The van der Waals surface area contributed by atoms with Gasteiger partial charge in [0.2, 0.25) is 0 Å². The number of carbonyl (C=O) groups excluding carboxylic acids is 1. The predicted molar refractivity (Wildman–Crippen MR) is 104 cm³/mol. The van der Waals surface area contributed by atoms with Crippen molar-refractivity contribution in [3.8, 4) is 5.75 Å². The maximum atomic E-state index is 12.8. The number of nitrogens with zero attached hydrogens (tertiary/aromatic N) is 3. The fraction of sp³-hybridized carbons (Fsp3) is 0.300. The standard InChI is InChI=1S/C20H18F3N3O2S/c21-20(22,23)28-16-4-1-14(2-5-16)12-25-7-9-26(10-8-25)19(27)15-3-6-17-18(11-15)29-13-24-17/h1-6,11,13H,7-10,12H2. The molecule has 0 spiro atoms. The summed E-state index contributed by atoms with van der Waals surface area (Å²) in [7, 11) is 0. The lowest BCUT2D eigenvalue weighted by Crippen LogP contribution is -2.48. The van der Waals surface area contributed by atoms with Crippen LogP contribution in [0.25, 0.3) is 10.2 Å². The van der Waals surface area contributed by atoms with Gasteiger partial charge in [0.05, 0.1) is 15.7 Å². The van der Waals surface area contributed by atoms with Gasteiger partial charge in [-0.2, -0.15) is 0 Å². The van der Waals surface area contributed by atoms with Crippen molar-refractivity contribution in [3.63, 3.8) is 0 Å². The van der Waals surface area contributed by atoms with Gasteiger partial charge in [0, 0.05) is 38.3 Å². The Morgan fingerprint density at radius 1 is 1.07 bits per heavy atom. The molecule has 0 unspecified atom stereocenters. The number of aromatic nitrogens is 1. The van der Waals surface area contributed by atoms with Crippen molar-refractivity contribution in [2.45, 2.75) is 12.9 Å². The quantitative estimate of drug-likeness (QED) is 0.635. The van der Waals surface area contributed by atoms with Crippen LogP contribution in [0.4, 0.5) is 13.2 Å². The summed E-state index contributed by atoms with van der Waals surface area (Å²) in [6.07, 6.45) is -4.69. The molecule has 152 valence electrons. The Morgan fingerprint density at radius 3 is 2.48 bits per heavy atom. The van der Waals surface area contributed by atoms with E-state index in [9.17, 15) is 18.0 Å². The van der Waals surface area contributed by atoms with E-state index in [1.54, 1.807) is 23.7 Å². The second-order valence-corrected chi connectivity index (χ2v) is 7.68. The lowest BCUT2D eigenvalue weighted by atomic mass is 10.1. The number of carbonyl (C=O) groups is 1. The minimum Gasteiger partial charge on any atom is -0.406 e. The number of rotatable bonds is 4. The van der Waals surface area contributed by atoms with Crippen LogP contribution >= 0.6 is 11.3 Å². The molecule has 0 radical (unpaired) electrons. The molecule has 2 aromatic carbocycles. The number of thiazole rings is 1. The highest BCUT2D eigenvalue weighted by Crippen LogP contribution is 2.24. The molecule has 0 N–H and O–H groups in total. The third-order valence-corrected chi connectivity index (χ3v) is 5.59. The van der Waals surface area contributed by atoms with Gasteiger partial charge in [-0.3, -0.25) is 9.69 Å². The van der Waals surface area contributed by atoms with Gasteiger partial charge in [0.15, 0.2) is 0 Å². The molecule has 1 fully saturated rings. The van der Waals surface area contributed by atoms with Crippen LogP contribution in [-0.4, -0.2) is 53.2 Å². The Bertz CT molecular complexity index is 996. The highest BCUT2D eigenvalue weighted by atomic mass is 32.1. The van der Waals surface area contributed by atoms with Gasteiger partial charge in [0.25, 0.3) is 5.91 Å². The van der Waals surface area contributed by atoms with E-state index in [2.05, 4.69) is 14.6 Å². The summed E-state index contributed by atoms with van der Waals surface area (Å²) < 4.78 is 41.6. The molecule has 1 aromatic heterocycles. The number of amides is 1. The van der Waals surface area contributed by atoms with E-state index in [4.69, 9.17) is 0 Å². The molecule has 1 amide bonds. The second kappa shape index (κ2) is 8.00. The SMILES string of the molecule is O=C(c1ccc2ncsc2c1)N1CCN(Cc2ccc(OC(F)(F)F)cc2)CC1. The molecule has 0 atom stereocenters. The summed E-state index contributed by atoms with van der Waals surface area (Å²) in [5.74, 6) is -0.219. The Balaban J connectivity index is 1.31. The van der Waals surface area contributed by atoms with E-state index < -0.39 is 6.36 Å². The van der Waals surface area contributed by atoms with E-state index >= 15 is 0 Å². The molecule has 0 saturated carbocycles. The summed E-state index contributed by atoms with van der Waals surface area (Å²) in [5.41, 5.74) is 4.22. The van der Waals surface area contributed by atoms with Gasteiger partial charge in [-0.15, -0.1) is 24.5 Å². The van der Waals surface area contributed by atoms with Crippen molar-refractivity contribution in [1.82, 2.24) is 14.8 Å². The van der Waals surface area contributed by atoms with Gasteiger partial charge in [0.1, 0.15) is 5.75 Å².